The Hall–Kier alpha value is -2.77. The van der Waals surface area contributed by atoms with Gasteiger partial charge in [0.25, 0.3) is 0 Å². The zero-order valence-corrected chi connectivity index (χ0v) is 15.1. The van der Waals surface area contributed by atoms with Crippen molar-refractivity contribution in [3.8, 4) is 0 Å². The van der Waals surface area contributed by atoms with Crippen molar-refractivity contribution in [1.82, 2.24) is 0 Å². The van der Waals surface area contributed by atoms with Crippen molar-refractivity contribution < 1.29 is 37.3 Å². The summed E-state index contributed by atoms with van der Waals surface area (Å²) in [5.41, 5.74) is -1.29. The van der Waals surface area contributed by atoms with Gasteiger partial charge in [-0.25, -0.2) is 9.59 Å². The monoisotopic (exact) mass is 396 g/mol. The van der Waals surface area contributed by atoms with E-state index in [1.165, 1.54) is 18.2 Å². The highest BCUT2D eigenvalue weighted by Gasteiger charge is 2.46. The van der Waals surface area contributed by atoms with E-state index in [-0.39, 0.29) is 36.3 Å². The zero-order chi connectivity index (χ0) is 20.5. The lowest BCUT2D eigenvalue weighted by Crippen LogP contribution is -2.26. The van der Waals surface area contributed by atoms with Gasteiger partial charge in [-0.3, -0.25) is 0 Å². The van der Waals surface area contributed by atoms with Gasteiger partial charge in [0.05, 0.1) is 29.2 Å². The summed E-state index contributed by atoms with van der Waals surface area (Å²) >= 11 is 0. The molecule has 1 unspecified atom stereocenters. The molecule has 1 aliphatic carbocycles. The fourth-order valence-corrected chi connectivity index (χ4v) is 3.47. The van der Waals surface area contributed by atoms with Gasteiger partial charge in [0.1, 0.15) is 12.4 Å². The second-order valence-corrected chi connectivity index (χ2v) is 6.64. The number of aliphatic hydroxyl groups is 1. The Morgan fingerprint density at radius 3 is 2.71 bits per heavy atom. The number of alkyl halides is 3. The molecule has 3 rings (SSSR count). The number of allylic oxidation sites excluding steroid dienone is 1. The van der Waals surface area contributed by atoms with Gasteiger partial charge >= 0.3 is 18.1 Å². The summed E-state index contributed by atoms with van der Waals surface area (Å²) < 4.78 is 50.9. The Labute approximate surface area is 159 Å². The number of aliphatic hydroxyl groups excluding tert-OH is 1. The lowest BCUT2D eigenvalue weighted by Gasteiger charge is -2.27. The van der Waals surface area contributed by atoms with Crippen molar-refractivity contribution in [2.75, 3.05) is 13.2 Å². The molecule has 1 aromatic rings. The van der Waals surface area contributed by atoms with Gasteiger partial charge < -0.3 is 14.6 Å². The smallest absolute Gasteiger partial charge is 0.416 e. The van der Waals surface area contributed by atoms with E-state index in [0.29, 0.717) is 12.0 Å². The number of cyclic esters (lactones) is 1. The Kier molecular flexibility index (Phi) is 5.49. The lowest BCUT2D eigenvalue weighted by molar-refractivity contribution is -0.141. The maximum absolute atomic E-state index is 13.6. The van der Waals surface area contributed by atoms with Gasteiger partial charge in [0.2, 0.25) is 0 Å². The highest BCUT2D eigenvalue weighted by atomic mass is 19.4. The maximum Gasteiger partial charge on any atom is 0.416 e. The molecule has 1 heterocycles. The minimum atomic E-state index is -4.70. The molecule has 0 saturated carbocycles. The average molecular weight is 396 g/mol. The fourth-order valence-electron chi connectivity index (χ4n) is 3.47. The molecular weight excluding hydrogens is 377 g/mol. The standard InChI is InChI=1S/C20H19F3O5/c1-2-3-8-27-19(26)17-14(24)9-11-10-28-18(25)15(11)16(17)12-6-4-5-7-13(12)20(21,22)23/h4-7,16,24H,2-3,8-10H2,1H3. The Bertz CT molecular complexity index is 867. The molecule has 28 heavy (non-hydrogen) atoms. The van der Waals surface area contributed by atoms with Crippen LogP contribution in [0.4, 0.5) is 13.2 Å². The second kappa shape index (κ2) is 7.69. The first-order valence-electron chi connectivity index (χ1n) is 8.90. The number of hydrogen-bond donors (Lipinski definition) is 1. The minimum absolute atomic E-state index is 0.0306. The van der Waals surface area contributed by atoms with Crippen LogP contribution in [0, 0.1) is 0 Å². The molecule has 0 bridgehead atoms. The molecule has 5 nitrogen and oxygen atoms in total. The van der Waals surface area contributed by atoms with E-state index in [0.717, 1.165) is 12.5 Å². The normalized spacial score (nSPS) is 19.6. The van der Waals surface area contributed by atoms with E-state index in [1.54, 1.807) is 0 Å². The SMILES string of the molecule is CCCCOC(=O)C1=C(O)CC2=C(C(=O)OC2)C1c1ccccc1C(F)(F)F. The lowest BCUT2D eigenvalue weighted by atomic mass is 9.76. The van der Waals surface area contributed by atoms with Crippen LogP contribution in [-0.2, 0) is 25.2 Å². The summed E-state index contributed by atoms with van der Waals surface area (Å²) in [7, 11) is 0. The summed E-state index contributed by atoms with van der Waals surface area (Å²) in [6.07, 6.45) is -3.52. The molecule has 0 spiro atoms. The molecule has 150 valence electrons. The first-order valence-corrected chi connectivity index (χ1v) is 8.90. The molecule has 0 amide bonds. The molecule has 2 aliphatic rings. The van der Waals surface area contributed by atoms with E-state index >= 15 is 0 Å². The van der Waals surface area contributed by atoms with Crippen LogP contribution in [0.25, 0.3) is 0 Å². The van der Waals surface area contributed by atoms with Crippen LogP contribution >= 0.6 is 0 Å². The van der Waals surface area contributed by atoms with Gasteiger partial charge in [-0.1, -0.05) is 31.5 Å². The molecule has 1 atom stereocenters. The highest BCUT2D eigenvalue weighted by molar-refractivity contribution is 6.01. The number of esters is 2. The van der Waals surface area contributed by atoms with E-state index in [2.05, 4.69) is 0 Å². The number of hydrogen-bond acceptors (Lipinski definition) is 5. The van der Waals surface area contributed by atoms with Crippen molar-refractivity contribution in [1.29, 1.82) is 0 Å². The van der Waals surface area contributed by atoms with Crippen LogP contribution < -0.4 is 0 Å². The van der Waals surface area contributed by atoms with Gasteiger partial charge in [-0.2, -0.15) is 13.2 Å². The topological polar surface area (TPSA) is 72.8 Å². The average Bonchev–Trinajstić information content (AvgIpc) is 3.00. The molecule has 0 aromatic heterocycles. The number of benzene rings is 1. The third kappa shape index (κ3) is 3.63. The number of rotatable bonds is 5. The molecule has 8 heteroatoms. The Balaban J connectivity index is 2.13. The molecule has 1 aliphatic heterocycles. The molecular formula is C20H19F3O5. The summed E-state index contributed by atoms with van der Waals surface area (Å²) in [6.45, 7) is 1.83. The summed E-state index contributed by atoms with van der Waals surface area (Å²) in [4.78, 5) is 24.9. The van der Waals surface area contributed by atoms with Crippen molar-refractivity contribution in [3.63, 3.8) is 0 Å². The first kappa shape index (κ1) is 20.0. The summed E-state index contributed by atoms with van der Waals surface area (Å²) in [6, 6.07) is 4.68. The zero-order valence-electron chi connectivity index (χ0n) is 15.1. The van der Waals surface area contributed by atoms with E-state index in [1.807, 2.05) is 6.92 Å². The Morgan fingerprint density at radius 2 is 2.04 bits per heavy atom. The van der Waals surface area contributed by atoms with Gasteiger partial charge in [-0.15, -0.1) is 0 Å². The van der Waals surface area contributed by atoms with Crippen molar-refractivity contribution >= 4 is 11.9 Å². The largest absolute Gasteiger partial charge is 0.511 e. The molecule has 0 saturated heterocycles. The predicted octanol–water partition coefficient (Wildman–Crippen LogP) is 4.20. The molecule has 1 N–H and O–H groups in total. The molecule has 0 fully saturated rings. The Morgan fingerprint density at radius 1 is 1.32 bits per heavy atom. The van der Waals surface area contributed by atoms with Crippen molar-refractivity contribution in [2.24, 2.45) is 0 Å². The second-order valence-electron chi connectivity index (χ2n) is 6.64. The molecule has 1 aromatic carbocycles. The number of unbranched alkanes of at least 4 members (excludes halogenated alkanes) is 1. The van der Waals surface area contributed by atoms with E-state index < -0.39 is 35.4 Å². The summed E-state index contributed by atoms with van der Waals surface area (Å²) in [5.74, 6) is -3.52. The number of ether oxygens (including phenoxy) is 2. The first-order chi connectivity index (χ1) is 13.3. The van der Waals surface area contributed by atoms with Gasteiger partial charge in [-0.05, 0) is 23.6 Å². The maximum atomic E-state index is 13.6. The minimum Gasteiger partial charge on any atom is -0.511 e. The number of carbonyl (C=O) groups excluding carboxylic acids is 2. The van der Waals surface area contributed by atoms with Crippen molar-refractivity contribution in [2.45, 2.75) is 38.3 Å². The van der Waals surface area contributed by atoms with Crippen LogP contribution in [0.3, 0.4) is 0 Å². The highest BCUT2D eigenvalue weighted by Crippen LogP contribution is 2.47. The van der Waals surface area contributed by atoms with Crippen LogP contribution in [0.2, 0.25) is 0 Å². The van der Waals surface area contributed by atoms with Crippen LogP contribution in [0.1, 0.15) is 43.2 Å². The van der Waals surface area contributed by atoms with Crippen LogP contribution in [0.5, 0.6) is 0 Å². The van der Waals surface area contributed by atoms with Crippen molar-refractivity contribution in [3.05, 3.63) is 57.9 Å². The number of halogens is 3. The van der Waals surface area contributed by atoms with Crippen LogP contribution in [-0.4, -0.2) is 30.3 Å². The van der Waals surface area contributed by atoms with E-state index in [4.69, 9.17) is 9.47 Å². The van der Waals surface area contributed by atoms with E-state index in [9.17, 15) is 27.9 Å². The summed E-state index contributed by atoms with van der Waals surface area (Å²) in [5, 5.41) is 10.5. The van der Waals surface area contributed by atoms with Gasteiger partial charge in [0, 0.05) is 6.42 Å². The van der Waals surface area contributed by atoms with Crippen LogP contribution in [0.15, 0.2) is 46.7 Å². The fraction of sp³-hybridized carbons (Fsp3) is 0.400. The third-order valence-electron chi connectivity index (χ3n) is 4.78. The molecule has 0 radical (unpaired) electrons. The quantitative estimate of drug-likeness (QED) is 0.597. The predicted molar refractivity (Wildman–Crippen MR) is 92.3 cm³/mol. The third-order valence-corrected chi connectivity index (χ3v) is 4.78. The number of carbonyl (C=O) groups is 2. The van der Waals surface area contributed by atoms with Gasteiger partial charge in [0.15, 0.2) is 0 Å².